The number of ether oxygens (including phenoxy) is 1. The average Bonchev–Trinajstić information content (AvgIpc) is 3.74. The lowest BCUT2D eigenvalue weighted by Gasteiger charge is -2.47. The SMILES string of the molecule is COC1(C2CCCCC2)CCN(c2ccc(-c3nnc(-c4ccc(C(=O)On5nnc6ccccc65)cc4)s3)cc2)CC1. The van der Waals surface area contributed by atoms with Crippen LogP contribution in [-0.2, 0) is 4.74 Å². The van der Waals surface area contributed by atoms with Crippen molar-refractivity contribution in [3.8, 4) is 21.1 Å². The number of aromatic nitrogens is 5. The van der Waals surface area contributed by atoms with E-state index >= 15 is 0 Å². The number of carbonyl (C=O) groups is 1. The third kappa shape index (κ3) is 5.52. The van der Waals surface area contributed by atoms with Crippen molar-refractivity contribution in [3.05, 3.63) is 78.4 Å². The van der Waals surface area contributed by atoms with Crippen LogP contribution in [0.4, 0.5) is 5.69 Å². The van der Waals surface area contributed by atoms with Gasteiger partial charge in [-0.2, -0.15) is 0 Å². The number of piperidine rings is 1. The molecule has 10 heteroatoms. The van der Waals surface area contributed by atoms with Gasteiger partial charge in [-0.15, -0.1) is 15.3 Å². The van der Waals surface area contributed by atoms with E-state index in [4.69, 9.17) is 9.57 Å². The molecular formula is C33H34N6O3S. The normalized spacial score (nSPS) is 17.3. The summed E-state index contributed by atoms with van der Waals surface area (Å²) in [6.07, 6.45) is 8.85. The smallest absolute Gasteiger partial charge is 0.365 e. The molecule has 9 nitrogen and oxygen atoms in total. The van der Waals surface area contributed by atoms with Crippen LogP contribution < -0.4 is 9.74 Å². The van der Waals surface area contributed by atoms with Crippen LogP contribution in [-0.4, -0.2) is 57.1 Å². The van der Waals surface area contributed by atoms with Crippen molar-refractivity contribution in [2.45, 2.75) is 50.5 Å². The number of carbonyl (C=O) groups excluding carboxylic acids is 1. The largest absolute Gasteiger partial charge is 0.378 e. The van der Waals surface area contributed by atoms with E-state index in [9.17, 15) is 4.79 Å². The molecular weight excluding hydrogens is 560 g/mol. The Morgan fingerprint density at radius 3 is 2.16 bits per heavy atom. The summed E-state index contributed by atoms with van der Waals surface area (Å²) in [5.41, 5.74) is 4.90. The Morgan fingerprint density at radius 1 is 0.837 bits per heavy atom. The Morgan fingerprint density at radius 2 is 1.49 bits per heavy atom. The minimum atomic E-state index is -0.518. The number of anilines is 1. The molecule has 1 aliphatic carbocycles. The predicted molar refractivity (Wildman–Crippen MR) is 167 cm³/mol. The van der Waals surface area contributed by atoms with Crippen molar-refractivity contribution < 1.29 is 14.4 Å². The summed E-state index contributed by atoms with van der Waals surface area (Å²) >= 11 is 1.53. The van der Waals surface area contributed by atoms with Gasteiger partial charge in [0.1, 0.15) is 21.0 Å². The highest BCUT2D eigenvalue weighted by Gasteiger charge is 2.42. The molecule has 1 saturated carbocycles. The average molecular weight is 595 g/mol. The molecule has 220 valence electrons. The zero-order valence-corrected chi connectivity index (χ0v) is 25.0. The molecule has 43 heavy (non-hydrogen) atoms. The van der Waals surface area contributed by atoms with E-state index in [1.807, 2.05) is 37.4 Å². The second-order valence-corrected chi connectivity index (χ2v) is 12.4. The van der Waals surface area contributed by atoms with Crippen molar-refractivity contribution in [1.29, 1.82) is 0 Å². The molecule has 2 fully saturated rings. The molecule has 0 spiro atoms. The minimum Gasteiger partial charge on any atom is -0.378 e. The summed E-state index contributed by atoms with van der Waals surface area (Å²) < 4.78 is 6.20. The maximum Gasteiger partial charge on any atom is 0.365 e. The summed E-state index contributed by atoms with van der Waals surface area (Å²) in [6.45, 7) is 2.04. The maximum absolute atomic E-state index is 12.7. The van der Waals surface area contributed by atoms with Gasteiger partial charge in [0.25, 0.3) is 0 Å². The second-order valence-electron chi connectivity index (χ2n) is 11.5. The number of nitrogens with zero attached hydrogens (tertiary/aromatic N) is 6. The minimum absolute atomic E-state index is 0.0461. The number of fused-ring (bicyclic) bond motifs is 1. The topological polar surface area (TPSA) is 95.3 Å². The quantitative estimate of drug-likeness (QED) is 0.198. The Labute approximate surface area is 254 Å². The van der Waals surface area contributed by atoms with Crippen molar-refractivity contribution in [2.75, 3.05) is 25.1 Å². The Bertz CT molecular complexity index is 1700. The molecule has 0 unspecified atom stereocenters. The van der Waals surface area contributed by atoms with Crippen LogP contribution in [0.2, 0.25) is 0 Å². The number of hydrogen-bond donors (Lipinski definition) is 0. The molecule has 1 saturated heterocycles. The Kier molecular flexibility index (Phi) is 7.63. The van der Waals surface area contributed by atoms with Gasteiger partial charge in [0, 0.05) is 37.0 Å². The fourth-order valence-electron chi connectivity index (χ4n) is 6.62. The molecule has 0 amide bonds. The number of para-hydroxylation sites is 1. The van der Waals surface area contributed by atoms with Gasteiger partial charge in [-0.25, -0.2) is 4.79 Å². The van der Waals surface area contributed by atoms with Crippen molar-refractivity contribution >= 4 is 34.0 Å². The molecule has 0 N–H and O–H groups in total. The van der Waals surface area contributed by atoms with Gasteiger partial charge in [0.2, 0.25) is 0 Å². The standard InChI is InChI=1S/C33H34N6O3S/c1-41-33(26-7-3-2-4-8-26)19-21-38(22-20-33)27-17-15-24(16-18-27)31-36-35-30(43-31)23-11-13-25(14-12-23)32(40)42-39-29-10-6-5-9-28(29)34-37-39/h5-6,9-18,26H,2-4,7-8,19-22H2,1H3. The summed E-state index contributed by atoms with van der Waals surface area (Å²) in [7, 11) is 1.92. The molecule has 0 atom stereocenters. The first kappa shape index (κ1) is 27.7. The summed E-state index contributed by atoms with van der Waals surface area (Å²) in [5.74, 6) is 0.184. The zero-order chi connectivity index (χ0) is 29.2. The third-order valence-electron chi connectivity index (χ3n) is 9.13. The summed E-state index contributed by atoms with van der Waals surface area (Å²) in [4.78, 5) is 21.8. The molecule has 0 radical (unpaired) electrons. The van der Waals surface area contributed by atoms with Crippen molar-refractivity contribution in [1.82, 2.24) is 25.4 Å². The van der Waals surface area contributed by atoms with Gasteiger partial charge in [-0.3, -0.25) is 0 Å². The molecule has 3 aromatic carbocycles. The zero-order valence-electron chi connectivity index (χ0n) is 24.2. The van der Waals surface area contributed by atoms with Crippen LogP contribution in [0.1, 0.15) is 55.3 Å². The first-order valence-corrected chi connectivity index (χ1v) is 15.8. The van der Waals surface area contributed by atoms with Crippen LogP contribution >= 0.6 is 11.3 Å². The van der Waals surface area contributed by atoms with E-state index < -0.39 is 5.97 Å². The Balaban J connectivity index is 0.984. The second kappa shape index (κ2) is 11.9. The lowest BCUT2D eigenvalue weighted by Crippen LogP contribution is -2.50. The molecule has 0 bridgehead atoms. The van der Waals surface area contributed by atoms with Gasteiger partial charge >= 0.3 is 5.97 Å². The van der Waals surface area contributed by atoms with E-state index in [0.717, 1.165) is 51.9 Å². The predicted octanol–water partition coefficient (Wildman–Crippen LogP) is 6.45. The first-order chi connectivity index (χ1) is 21.1. The molecule has 7 rings (SSSR count). The lowest BCUT2D eigenvalue weighted by molar-refractivity contribution is -0.0856. The van der Waals surface area contributed by atoms with Gasteiger partial charge in [-0.1, -0.05) is 59.7 Å². The number of benzene rings is 3. The van der Waals surface area contributed by atoms with E-state index in [1.54, 1.807) is 18.2 Å². The van der Waals surface area contributed by atoms with Gasteiger partial charge in [0.05, 0.1) is 11.2 Å². The van der Waals surface area contributed by atoms with E-state index in [0.29, 0.717) is 22.5 Å². The van der Waals surface area contributed by atoms with Crippen LogP contribution in [0, 0.1) is 5.92 Å². The number of hydrogen-bond acceptors (Lipinski definition) is 9. The van der Waals surface area contributed by atoms with E-state index in [1.165, 1.54) is 49.1 Å². The molecule has 1 aliphatic heterocycles. The van der Waals surface area contributed by atoms with Crippen LogP contribution in [0.5, 0.6) is 0 Å². The number of methoxy groups -OCH3 is 1. The van der Waals surface area contributed by atoms with E-state index in [2.05, 4.69) is 49.7 Å². The van der Waals surface area contributed by atoms with Gasteiger partial charge in [0.15, 0.2) is 0 Å². The first-order valence-electron chi connectivity index (χ1n) is 15.0. The highest BCUT2D eigenvalue weighted by Crippen LogP contribution is 2.42. The van der Waals surface area contributed by atoms with Gasteiger partial charge < -0.3 is 14.5 Å². The van der Waals surface area contributed by atoms with Crippen molar-refractivity contribution in [2.24, 2.45) is 5.92 Å². The molecule has 2 aromatic heterocycles. The lowest BCUT2D eigenvalue weighted by atomic mass is 9.72. The third-order valence-corrected chi connectivity index (χ3v) is 10.1. The molecule has 5 aromatic rings. The fourth-order valence-corrected chi connectivity index (χ4v) is 7.47. The van der Waals surface area contributed by atoms with Crippen LogP contribution in [0.15, 0.2) is 72.8 Å². The highest BCUT2D eigenvalue weighted by atomic mass is 32.1. The van der Waals surface area contributed by atoms with Gasteiger partial charge in [-0.05, 0) is 85.3 Å². The molecule has 3 heterocycles. The number of rotatable bonds is 7. The van der Waals surface area contributed by atoms with Crippen molar-refractivity contribution in [3.63, 3.8) is 0 Å². The highest BCUT2D eigenvalue weighted by molar-refractivity contribution is 7.17. The van der Waals surface area contributed by atoms with Crippen LogP contribution in [0.25, 0.3) is 32.2 Å². The molecule has 2 aliphatic rings. The Hall–Kier alpha value is -4.15. The van der Waals surface area contributed by atoms with E-state index in [-0.39, 0.29) is 5.60 Å². The maximum atomic E-state index is 12.7. The summed E-state index contributed by atoms with van der Waals surface area (Å²) in [6, 6.07) is 23.1. The fraction of sp³-hybridized carbons (Fsp3) is 0.364. The van der Waals surface area contributed by atoms with Crippen LogP contribution in [0.3, 0.4) is 0 Å². The monoisotopic (exact) mass is 594 g/mol. The summed E-state index contributed by atoms with van der Waals surface area (Å²) in [5, 5.41) is 18.4.